The molecule has 2 unspecified atom stereocenters. The summed E-state index contributed by atoms with van der Waals surface area (Å²) < 4.78 is 0. The molecular weight excluding hydrogens is 184 g/mol. The fraction of sp³-hybridized carbons (Fsp3) is 0.667. The number of nitrogens with two attached hydrogens (primary N) is 1. The van der Waals surface area contributed by atoms with Gasteiger partial charge in [-0.25, -0.2) is 0 Å². The normalized spacial score (nSPS) is 23.5. The number of nitrogens with one attached hydrogen (secondary N) is 1. The summed E-state index contributed by atoms with van der Waals surface area (Å²) in [6, 6.07) is -0.253. The van der Waals surface area contributed by atoms with Gasteiger partial charge in [-0.15, -0.1) is 12.3 Å². The van der Waals surface area contributed by atoms with Crippen LogP contribution in [0.2, 0.25) is 0 Å². The lowest BCUT2D eigenvalue weighted by molar-refractivity contribution is -0.122. The van der Waals surface area contributed by atoms with Crippen LogP contribution in [0.25, 0.3) is 0 Å². The third-order valence-electron chi connectivity index (χ3n) is 1.95. The number of hydrogen-bond acceptors (Lipinski definition) is 3. The van der Waals surface area contributed by atoms with Gasteiger partial charge in [-0.1, -0.05) is 0 Å². The molecule has 3 nitrogen and oxygen atoms in total. The maximum atomic E-state index is 11.3. The van der Waals surface area contributed by atoms with Crippen molar-refractivity contribution in [2.45, 2.75) is 24.9 Å². The fourth-order valence-electron chi connectivity index (χ4n) is 1.18. The third-order valence-corrected chi connectivity index (χ3v) is 3.11. The summed E-state index contributed by atoms with van der Waals surface area (Å²) in [6.07, 6.45) is 6.41. The number of hydrogen-bond donors (Lipinski definition) is 2. The third kappa shape index (κ3) is 3.29. The van der Waals surface area contributed by atoms with Gasteiger partial charge in [0.2, 0.25) is 5.91 Å². The van der Waals surface area contributed by atoms with E-state index < -0.39 is 6.04 Å². The molecule has 1 amide bonds. The fourth-order valence-corrected chi connectivity index (χ4v) is 2.33. The van der Waals surface area contributed by atoms with Crippen molar-refractivity contribution in [1.82, 2.24) is 5.32 Å². The van der Waals surface area contributed by atoms with Crippen molar-refractivity contribution in [2.75, 3.05) is 11.5 Å². The summed E-state index contributed by atoms with van der Waals surface area (Å²) in [6.45, 7) is 0. The Bertz CT molecular complexity index is 218. The first-order chi connectivity index (χ1) is 6.24. The molecule has 0 bridgehead atoms. The summed E-state index contributed by atoms with van der Waals surface area (Å²) in [4.78, 5) is 11.3. The van der Waals surface area contributed by atoms with Gasteiger partial charge in [0, 0.05) is 18.2 Å². The molecular formula is C9H14N2OS. The van der Waals surface area contributed by atoms with Crippen molar-refractivity contribution in [2.24, 2.45) is 5.73 Å². The number of carbonyl (C=O) groups is 1. The van der Waals surface area contributed by atoms with Gasteiger partial charge in [-0.3, -0.25) is 4.79 Å². The molecule has 0 spiro atoms. The molecule has 3 N–H and O–H groups in total. The van der Waals surface area contributed by atoms with Gasteiger partial charge in [0.05, 0.1) is 6.04 Å². The highest BCUT2D eigenvalue weighted by Gasteiger charge is 2.20. The molecule has 0 aromatic carbocycles. The van der Waals surface area contributed by atoms with Gasteiger partial charge in [-0.2, -0.15) is 11.8 Å². The van der Waals surface area contributed by atoms with Crippen molar-refractivity contribution in [3.63, 3.8) is 0 Å². The molecule has 2 atom stereocenters. The Labute approximate surface area is 82.8 Å². The van der Waals surface area contributed by atoms with Gasteiger partial charge in [0.15, 0.2) is 0 Å². The second-order valence-electron chi connectivity index (χ2n) is 3.08. The minimum Gasteiger partial charge on any atom is -0.351 e. The highest BCUT2D eigenvalue weighted by atomic mass is 32.2. The van der Waals surface area contributed by atoms with E-state index in [1.165, 1.54) is 0 Å². The molecule has 4 heteroatoms. The molecule has 1 saturated heterocycles. The molecule has 1 rings (SSSR count). The molecule has 0 radical (unpaired) electrons. The predicted octanol–water partition coefficient (Wildman–Crippen LogP) is -0.0413. The number of rotatable bonds is 3. The maximum absolute atomic E-state index is 11.3. The van der Waals surface area contributed by atoms with Crippen LogP contribution >= 0.6 is 11.8 Å². The number of carbonyl (C=O) groups excluding carboxylic acids is 1. The van der Waals surface area contributed by atoms with Crippen LogP contribution in [0.1, 0.15) is 12.8 Å². The van der Waals surface area contributed by atoms with Crippen molar-refractivity contribution in [3.8, 4) is 12.3 Å². The molecule has 72 valence electrons. The van der Waals surface area contributed by atoms with E-state index in [2.05, 4.69) is 11.2 Å². The maximum Gasteiger partial charge on any atom is 0.238 e. The van der Waals surface area contributed by atoms with E-state index >= 15 is 0 Å². The Morgan fingerprint density at radius 3 is 3.15 bits per heavy atom. The Kier molecular flexibility index (Phi) is 4.13. The van der Waals surface area contributed by atoms with E-state index in [0.717, 1.165) is 17.9 Å². The van der Waals surface area contributed by atoms with Gasteiger partial charge in [0.1, 0.15) is 0 Å². The van der Waals surface area contributed by atoms with Crippen LogP contribution in [0.4, 0.5) is 0 Å². The van der Waals surface area contributed by atoms with Crippen LogP contribution in [0.15, 0.2) is 0 Å². The first-order valence-corrected chi connectivity index (χ1v) is 5.46. The van der Waals surface area contributed by atoms with Crippen LogP contribution in [0.3, 0.4) is 0 Å². The monoisotopic (exact) mass is 198 g/mol. The largest absolute Gasteiger partial charge is 0.351 e. The summed E-state index contributed by atoms with van der Waals surface area (Å²) in [7, 11) is 0. The molecule has 13 heavy (non-hydrogen) atoms. The lowest BCUT2D eigenvalue weighted by Gasteiger charge is -2.14. The Morgan fingerprint density at radius 2 is 2.62 bits per heavy atom. The highest BCUT2D eigenvalue weighted by Crippen LogP contribution is 2.16. The Balaban J connectivity index is 2.27. The zero-order chi connectivity index (χ0) is 9.68. The molecule has 0 aliphatic carbocycles. The predicted molar refractivity (Wildman–Crippen MR) is 55.3 cm³/mol. The molecule has 1 heterocycles. The van der Waals surface area contributed by atoms with E-state index in [-0.39, 0.29) is 5.91 Å². The summed E-state index contributed by atoms with van der Waals surface area (Å²) >= 11 is 1.85. The first kappa shape index (κ1) is 10.4. The summed E-state index contributed by atoms with van der Waals surface area (Å²) in [5.41, 5.74) is 5.54. The van der Waals surface area contributed by atoms with Crippen molar-refractivity contribution in [1.29, 1.82) is 0 Å². The van der Waals surface area contributed by atoms with E-state index in [4.69, 9.17) is 12.2 Å². The van der Waals surface area contributed by atoms with Crippen LogP contribution in [0.5, 0.6) is 0 Å². The first-order valence-electron chi connectivity index (χ1n) is 4.31. The van der Waals surface area contributed by atoms with Gasteiger partial charge in [0.25, 0.3) is 0 Å². The van der Waals surface area contributed by atoms with Gasteiger partial charge >= 0.3 is 0 Å². The van der Waals surface area contributed by atoms with Crippen LogP contribution in [-0.4, -0.2) is 29.5 Å². The summed E-state index contributed by atoms with van der Waals surface area (Å²) in [5.74, 6) is 4.38. The average molecular weight is 198 g/mol. The van der Waals surface area contributed by atoms with Crippen molar-refractivity contribution < 1.29 is 4.79 Å². The standard InChI is InChI=1S/C9H14N2OS/c1-2-3-8(10)9(12)11-7-4-5-13-6-7/h1,7-8H,3-6,10H2,(H,11,12). The minimum absolute atomic E-state index is 0.120. The van der Waals surface area contributed by atoms with Gasteiger partial charge < -0.3 is 11.1 Å². The number of amides is 1. The van der Waals surface area contributed by atoms with Crippen LogP contribution in [0, 0.1) is 12.3 Å². The van der Waals surface area contributed by atoms with Gasteiger partial charge in [-0.05, 0) is 12.2 Å². The van der Waals surface area contributed by atoms with Crippen molar-refractivity contribution in [3.05, 3.63) is 0 Å². The molecule has 0 aromatic rings. The molecule has 1 fully saturated rings. The Morgan fingerprint density at radius 1 is 1.85 bits per heavy atom. The smallest absolute Gasteiger partial charge is 0.238 e. The highest BCUT2D eigenvalue weighted by molar-refractivity contribution is 7.99. The zero-order valence-corrected chi connectivity index (χ0v) is 8.27. The lowest BCUT2D eigenvalue weighted by atomic mass is 10.2. The molecule has 0 saturated carbocycles. The molecule has 1 aliphatic rings. The molecule has 1 aliphatic heterocycles. The average Bonchev–Trinajstić information content (AvgIpc) is 2.57. The second kappa shape index (κ2) is 5.15. The van der Waals surface area contributed by atoms with E-state index in [1.807, 2.05) is 11.8 Å². The zero-order valence-electron chi connectivity index (χ0n) is 7.45. The SMILES string of the molecule is C#CCC(N)C(=O)NC1CCSC1. The second-order valence-corrected chi connectivity index (χ2v) is 4.23. The van der Waals surface area contributed by atoms with Crippen LogP contribution < -0.4 is 11.1 Å². The van der Waals surface area contributed by atoms with Crippen molar-refractivity contribution >= 4 is 17.7 Å². The quantitative estimate of drug-likeness (QED) is 0.626. The number of thioether (sulfide) groups is 1. The Hall–Kier alpha value is -0.660. The summed E-state index contributed by atoms with van der Waals surface area (Å²) in [5, 5.41) is 2.88. The van der Waals surface area contributed by atoms with E-state index in [1.54, 1.807) is 0 Å². The van der Waals surface area contributed by atoms with Crippen LogP contribution in [-0.2, 0) is 4.79 Å². The van der Waals surface area contributed by atoms with E-state index in [0.29, 0.717) is 12.5 Å². The molecule has 0 aromatic heterocycles. The number of terminal acetylenes is 1. The van der Waals surface area contributed by atoms with E-state index in [9.17, 15) is 4.79 Å². The topological polar surface area (TPSA) is 55.1 Å². The lowest BCUT2D eigenvalue weighted by Crippen LogP contribution is -2.45. The minimum atomic E-state index is -0.546.